The second kappa shape index (κ2) is 8.60. The number of ether oxygens (including phenoxy) is 2. The van der Waals surface area contributed by atoms with E-state index in [1.54, 1.807) is 24.3 Å². The molecule has 0 saturated heterocycles. The zero-order valence-electron chi connectivity index (χ0n) is 15.1. The third-order valence-electron chi connectivity index (χ3n) is 4.36. The molecular formula is C21H21NO5. The van der Waals surface area contributed by atoms with Gasteiger partial charge in [0, 0.05) is 13.0 Å². The van der Waals surface area contributed by atoms with Gasteiger partial charge in [-0.05, 0) is 24.6 Å². The maximum atomic E-state index is 12.8. The standard InChI is InChI=1S/C21H21NO5/c1-2-26-12-13-27-21(25)18(14-15-8-4-3-5-9-15)22-19(23)16-10-6-7-11-17(16)20(22)24/h3-11,18H,2,12-14H2,1H3/t18-/m0/s1. The van der Waals surface area contributed by atoms with Crippen molar-refractivity contribution in [1.29, 1.82) is 0 Å². The summed E-state index contributed by atoms with van der Waals surface area (Å²) in [4.78, 5) is 39.3. The average Bonchev–Trinajstić information content (AvgIpc) is 2.95. The number of benzene rings is 2. The summed E-state index contributed by atoms with van der Waals surface area (Å²) in [5.74, 6) is -1.57. The number of rotatable bonds is 8. The second-order valence-corrected chi connectivity index (χ2v) is 6.10. The smallest absolute Gasteiger partial charge is 0.329 e. The zero-order chi connectivity index (χ0) is 19.2. The van der Waals surface area contributed by atoms with Gasteiger partial charge in [0.15, 0.2) is 0 Å². The molecule has 0 bridgehead atoms. The summed E-state index contributed by atoms with van der Waals surface area (Å²) in [5, 5.41) is 0. The van der Waals surface area contributed by atoms with Crippen molar-refractivity contribution in [2.45, 2.75) is 19.4 Å². The highest BCUT2D eigenvalue weighted by Crippen LogP contribution is 2.26. The van der Waals surface area contributed by atoms with Crippen LogP contribution in [0.1, 0.15) is 33.2 Å². The first kappa shape index (κ1) is 18.8. The summed E-state index contributed by atoms with van der Waals surface area (Å²) < 4.78 is 10.5. The third kappa shape index (κ3) is 4.06. The molecule has 140 valence electrons. The maximum absolute atomic E-state index is 12.8. The van der Waals surface area contributed by atoms with E-state index in [-0.39, 0.29) is 19.6 Å². The number of carbonyl (C=O) groups excluding carboxylic acids is 3. The molecule has 1 aliphatic heterocycles. The predicted octanol–water partition coefficient (Wildman–Crippen LogP) is 2.47. The molecule has 0 radical (unpaired) electrons. The Morgan fingerprint density at radius 1 is 0.926 bits per heavy atom. The molecule has 2 aromatic rings. The highest BCUT2D eigenvalue weighted by molar-refractivity contribution is 6.22. The number of imide groups is 1. The largest absolute Gasteiger partial charge is 0.462 e. The van der Waals surface area contributed by atoms with Crippen LogP contribution in [0.25, 0.3) is 0 Å². The molecule has 2 aromatic carbocycles. The fourth-order valence-electron chi connectivity index (χ4n) is 3.05. The van der Waals surface area contributed by atoms with Crippen LogP contribution in [0.2, 0.25) is 0 Å². The van der Waals surface area contributed by atoms with Crippen LogP contribution in [-0.4, -0.2) is 48.5 Å². The van der Waals surface area contributed by atoms with E-state index in [1.807, 2.05) is 37.3 Å². The van der Waals surface area contributed by atoms with Crippen molar-refractivity contribution in [2.24, 2.45) is 0 Å². The van der Waals surface area contributed by atoms with Gasteiger partial charge < -0.3 is 9.47 Å². The Labute approximate surface area is 157 Å². The van der Waals surface area contributed by atoms with Crippen LogP contribution in [0.4, 0.5) is 0 Å². The van der Waals surface area contributed by atoms with Crippen molar-refractivity contribution in [3.05, 3.63) is 71.3 Å². The van der Waals surface area contributed by atoms with Crippen molar-refractivity contribution in [3.8, 4) is 0 Å². The van der Waals surface area contributed by atoms with Gasteiger partial charge in [-0.1, -0.05) is 42.5 Å². The molecule has 0 fully saturated rings. The monoisotopic (exact) mass is 367 g/mol. The van der Waals surface area contributed by atoms with Gasteiger partial charge in [0.2, 0.25) is 0 Å². The first-order chi connectivity index (χ1) is 13.1. The molecule has 3 rings (SSSR count). The fraction of sp³-hybridized carbons (Fsp3) is 0.286. The molecule has 0 unspecified atom stereocenters. The van der Waals surface area contributed by atoms with E-state index >= 15 is 0 Å². The number of hydrogen-bond donors (Lipinski definition) is 0. The van der Waals surface area contributed by atoms with Crippen LogP contribution in [0.3, 0.4) is 0 Å². The molecule has 1 aliphatic rings. The van der Waals surface area contributed by atoms with Gasteiger partial charge in [0.25, 0.3) is 11.8 Å². The van der Waals surface area contributed by atoms with Crippen molar-refractivity contribution in [2.75, 3.05) is 19.8 Å². The van der Waals surface area contributed by atoms with Gasteiger partial charge in [0.1, 0.15) is 12.6 Å². The highest BCUT2D eigenvalue weighted by atomic mass is 16.6. The molecule has 6 heteroatoms. The first-order valence-corrected chi connectivity index (χ1v) is 8.88. The second-order valence-electron chi connectivity index (χ2n) is 6.10. The number of esters is 1. The summed E-state index contributed by atoms with van der Waals surface area (Å²) in [6.07, 6.45) is 0.194. The van der Waals surface area contributed by atoms with E-state index in [2.05, 4.69) is 0 Å². The van der Waals surface area contributed by atoms with Crippen LogP contribution >= 0.6 is 0 Å². The average molecular weight is 367 g/mol. The molecule has 2 amide bonds. The molecular weight excluding hydrogens is 346 g/mol. The molecule has 0 N–H and O–H groups in total. The van der Waals surface area contributed by atoms with Crippen LogP contribution in [0, 0.1) is 0 Å². The third-order valence-corrected chi connectivity index (χ3v) is 4.36. The lowest BCUT2D eigenvalue weighted by Gasteiger charge is -2.24. The quantitative estimate of drug-likeness (QED) is 0.407. The normalized spacial score (nSPS) is 14.2. The molecule has 1 atom stereocenters. The summed E-state index contributed by atoms with van der Waals surface area (Å²) in [5.41, 5.74) is 1.45. The Bertz CT molecular complexity index is 798. The Morgan fingerprint density at radius 2 is 1.52 bits per heavy atom. The number of hydrogen-bond acceptors (Lipinski definition) is 5. The minimum atomic E-state index is -1.03. The van der Waals surface area contributed by atoms with E-state index in [9.17, 15) is 14.4 Å². The van der Waals surface area contributed by atoms with E-state index in [0.717, 1.165) is 10.5 Å². The van der Waals surface area contributed by atoms with Crippen LogP contribution in [-0.2, 0) is 20.7 Å². The van der Waals surface area contributed by atoms with Crippen molar-refractivity contribution in [3.63, 3.8) is 0 Å². The van der Waals surface area contributed by atoms with Gasteiger partial charge in [-0.2, -0.15) is 0 Å². The van der Waals surface area contributed by atoms with Gasteiger partial charge in [0.05, 0.1) is 17.7 Å². The Hall–Kier alpha value is -2.99. The fourth-order valence-corrected chi connectivity index (χ4v) is 3.05. The van der Waals surface area contributed by atoms with Gasteiger partial charge in [-0.25, -0.2) is 4.79 Å². The Morgan fingerprint density at radius 3 is 2.11 bits per heavy atom. The summed E-state index contributed by atoms with van der Waals surface area (Å²) in [6.45, 7) is 2.70. The minimum absolute atomic E-state index is 0.0706. The maximum Gasteiger partial charge on any atom is 0.329 e. The van der Waals surface area contributed by atoms with Crippen LogP contribution in [0.15, 0.2) is 54.6 Å². The Kier molecular flexibility index (Phi) is 5.98. The van der Waals surface area contributed by atoms with E-state index < -0.39 is 23.8 Å². The first-order valence-electron chi connectivity index (χ1n) is 8.88. The molecule has 0 spiro atoms. The SMILES string of the molecule is CCOCCOC(=O)[C@H](Cc1ccccc1)N1C(=O)c2ccccc2C1=O. The lowest BCUT2D eigenvalue weighted by molar-refractivity contribution is -0.149. The number of amides is 2. The van der Waals surface area contributed by atoms with E-state index in [4.69, 9.17) is 9.47 Å². The molecule has 0 aromatic heterocycles. The summed E-state index contributed by atoms with van der Waals surface area (Å²) in [6, 6.07) is 14.8. The van der Waals surface area contributed by atoms with Crippen LogP contribution < -0.4 is 0 Å². The molecule has 0 saturated carbocycles. The van der Waals surface area contributed by atoms with Crippen molar-refractivity contribution < 1.29 is 23.9 Å². The lowest BCUT2D eigenvalue weighted by Crippen LogP contribution is -2.47. The van der Waals surface area contributed by atoms with Crippen molar-refractivity contribution in [1.82, 2.24) is 4.90 Å². The minimum Gasteiger partial charge on any atom is -0.462 e. The molecule has 6 nitrogen and oxygen atoms in total. The number of carbonyl (C=O) groups is 3. The van der Waals surface area contributed by atoms with Gasteiger partial charge in [-0.15, -0.1) is 0 Å². The zero-order valence-corrected chi connectivity index (χ0v) is 15.1. The summed E-state index contributed by atoms with van der Waals surface area (Å²) >= 11 is 0. The Balaban J connectivity index is 1.84. The topological polar surface area (TPSA) is 72.9 Å². The van der Waals surface area contributed by atoms with E-state index in [0.29, 0.717) is 17.7 Å². The number of fused-ring (bicyclic) bond motifs is 1. The number of nitrogens with zero attached hydrogens (tertiary/aromatic N) is 1. The molecule has 0 aliphatic carbocycles. The van der Waals surface area contributed by atoms with Crippen LogP contribution in [0.5, 0.6) is 0 Å². The highest BCUT2D eigenvalue weighted by Gasteiger charge is 2.43. The molecule has 1 heterocycles. The lowest BCUT2D eigenvalue weighted by atomic mass is 10.0. The van der Waals surface area contributed by atoms with Crippen molar-refractivity contribution >= 4 is 17.8 Å². The van der Waals surface area contributed by atoms with Gasteiger partial charge in [-0.3, -0.25) is 14.5 Å². The summed E-state index contributed by atoms with van der Waals surface area (Å²) in [7, 11) is 0. The molecule has 27 heavy (non-hydrogen) atoms. The predicted molar refractivity (Wildman–Crippen MR) is 98.3 cm³/mol. The van der Waals surface area contributed by atoms with Gasteiger partial charge >= 0.3 is 5.97 Å². The van der Waals surface area contributed by atoms with E-state index in [1.165, 1.54) is 0 Å².